The normalized spacial score (nSPS) is 10.4. The van der Waals surface area contributed by atoms with E-state index in [1.807, 2.05) is 30.3 Å². The molecular formula is C15H13F2NO2. The zero-order valence-corrected chi connectivity index (χ0v) is 10.8. The number of anilines is 1. The Morgan fingerprint density at radius 3 is 2.20 bits per heavy atom. The lowest BCUT2D eigenvalue weighted by atomic mass is 10.2. The number of carbonyl (C=O) groups is 1. The summed E-state index contributed by atoms with van der Waals surface area (Å²) in [7, 11) is 1.65. The number of ether oxygens (including phenoxy) is 1. The number of carbonyl (C=O) groups excluding carboxylic acids is 1. The van der Waals surface area contributed by atoms with Crippen LogP contribution in [0.25, 0.3) is 0 Å². The third-order valence-electron chi connectivity index (χ3n) is 2.77. The molecule has 0 atom stereocenters. The molecule has 20 heavy (non-hydrogen) atoms. The van der Waals surface area contributed by atoms with Gasteiger partial charge in [-0.25, -0.2) is 0 Å². The molecule has 104 valence electrons. The minimum atomic E-state index is -2.87. The van der Waals surface area contributed by atoms with Crippen LogP contribution >= 0.6 is 0 Å². The van der Waals surface area contributed by atoms with Crippen LogP contribution in [-0.4, -0.2) is 19.6 Å². The van der Waals surface area contributed by atoms with E-state index >= 15 is 0 Å². The summed E-state index contributed by atoms with van der Waals surface area (Å²) in [4.78, 5) is 13.7. The average molecular weight is 277 g/mol. The van der Waals surface area contributed by atoms with Gasteiger partial charge in [-0.3, -0.25) is 4.79 Å². The Hall–Kier alpha value is -2.43. The van der Waals surface area contributed by atoms with Crippen molar-refractivity contribution in [2.75, 3.05) is 11.9 Å². The molecule has 0 radical (unpaired) electrons. The van der Waals surface area contributed by atoms with Gasteiger partial charge in [0.1, 0.15) is 5.75 Å². The molecule has 0 unspecified atom stereocenters. The van der Waals surface area contributed by atoms with Crippen molar-refractivity contribution < 1.29 is 18.3 Å². The van der Waals surface area contributed by atoms with Gasteiger partial charge in [-0.1, -0.05) is 18.2 Å². The second-order valence-corrected chi connectivity index (χ2v) is 4.10. The minimum Gasteiger partial charge on any atom is -0.435 e. The van der Waals surface area contributed by atoms with Crippen LogP contribution < -0.4 is 9.64 Å². The van der Waals surface area contributed by atoms with Gasteiger partial charge in [0.25, 0.3) is 5.91 Å². The Morgan fingerprint density at radius 2 is 1.65 bits per heavy atom. The highest BCUT2D eigenvalue weighted by Gasteiger charge is 2.13. The first-order valence-electron chi connectivity index (χ1n) is 5.96. The molecule has 0 aromatic heterocycles. The van der Waals surface area contributed by atoms with Crippen LogP contribution in [0.2, 0.25) is 0 Å². The Balaban J connectivity index is 2.13. The maximum atomic E-state index is 12.2. The van der Waals surface area contributed by atoms with Crippen LogP contribution in [0.4, 0.5) is 14.5 Å². The van der Waals surface area contributed by atoms with E-state index in [9.17, 15) is 13.6 Å². The van der Waals surface area contributed by atoms with Gasteiger partial charge in [0.15, 0.2) is 0 Å². The highest BCUT2D eigenvalue weighted by atomic mass is 19.3. The van der Waals surface area contributed by atoms with Gasteiger partial charge in [-0.15, -0.1) is 0 Å². The average Bonchev–Trinajstić information content (AvgIpc) is 2.47. The van der Waals surface area contributed by atoms with Gasteiger partial charge in [-0.05, 0) is 36.4 Å². The molecule has 2 aromatic carbocycles. The number of rotatable bonds is 4. The van der Waals surface area contributed by atoms with Crippen molar-refractivity contribution in [2.24, 2.45) is 0 Å². The van der Waals surface area contributed by atoms with Gasteiger partial charge in [0.2, 0.25) is 0 Å². The number of alkyl halides is 2. The van der Waals surface area contributed by atoms with Gasteiger partial charge in [0.05, 0.1) is 0 Å². The summed E-state index contributed by atoms with van der Waals surface area (Å²) in [5.74, 6) is -0.196. The summed E-state index contributed by atoms with van der Waals surface area (Å²) >= 11 is 0. The van der Waals surface area contributed by atoms with E-state index in [0.29, 0.717) is 5.56 Å². The SMILES string of the molecule is CN(C(=O)c1ccc(OC(F)F)cc1)c1ccccc1. The highest BCUT2D eigenvalue weighted by Crippen LogP contribution is 2.18. The number of halogens is 2. The molecule has 0 heterocycles. The zero-order valence-electron chi connectivity index (χ0n) is 10.8. The van der Waals surface area contributed by atoms with Gasteiger partial charge in [-0.2, -0.15) is 8.78 Å². The first kappa shape index (κ1) is 14.0. The minimum absolute atomic E-state index is 0.0268. The largest absolute Gasteiger partial charge is 0.435 e. The molecule has 2 aromatic rings. The Kier molecular flexibility index (Phi) is 4.30. The number of benzene rings is 2. The number of para-hydroxylation sites is 1. The monoisotopic (exact) mass is 277 g/mol. The van der Waals surface area contributed by atoms with E-state index in [4.69, 9.17) is 0 Å². The van der Waals surface area contributed by atoms with Crippen LogP contribution in [0, 0.1) is 0 Å². The molecule has 0 saturated heterocycles. The van der Waals surface area contributed by atoms with E-state index in [2.05, 4.69) is 4.74 Å². The predicted molar refractivity (Wildman–Crippen MR) is 72.2 cm³/mol. The van der Waals surface area contributed by atoms with Crippen molar-refractivity contribution in [3.8, 4) is 5.75 Å². The number of nitrogens with zero attached hydrogens (tertiary/aromatic N) is 1. The summed E-state index contributed by atoms with van der Waals surface area (Å²) in [5, 5.41) is 0. The van der Waals surface area contributed by atoms with Crippen LogP contribution in [0.1, 0.15) is 10.4 Å². The van der Waals surface area contributed by atoms with Gasteiger partial charge >= 0.3 is 6.61 Å². The van der Waals surface area contributed by atoms with E-state index in [1.54, 1.807) is 7.05 Å². The van der Waals surface area contributed by atoms with E-state index in [0.717, 1.165) is 5.69 Å². The maximum Gasteiger partial charge on any atom is 0.387 e. The lowest BCUT2D eigenvalue weighted by molar-refractivity contribution is -0.0498. The molecule has 1 amide bonds. The topological polar surface area (TPSA) is 29.5 Å². The maximum absolute atomic E-state index is 12.2. The van der Waals surface area contributed by atoms with Gasteiger partial charge < -0.3 is 9.64 Å². The third kappa shape index (κ3) is 3.32. The van der Waals surface area contributed by atoms with Gasteiger partial charge in [0, 0.05) is 18.3 Å². The molecule has 3 nitrogen and oxygen atoms in total. The molecule has 0 aliphatic rings. The second-order valence-electron chi connectivity index (χ2n) is 4.10. The number of amides is 1. The standard InChI is InChI=1S/C15H13F2NO2/c1-18(12-5-3-2-4-6-12)14(19)11-7-9-13(10-8-11)20-15(16)17/h2-10,15H,1H3. The van der Waals surface area contributed by atoms with Crippen LogP contribution in [0.3, 0.4) is 0 Å². The fraction of sp³-hybridized carbons (Fsp3) is 0.133. The zero-order chi connectivity index (χ0) is 14.5. The van der Waals surface area contributed by atoms with E-state index < -0.39 is 6.61 Å². The molecule has 0 aliphatic carbocycles. The molecule has 0 spiro atoms. The first-order valence-corrected chi connectivity index (χ1v) is 5.96. The first-order chi connectivity index (χ1) is 9.58. The van der Waals surface area contributed by atoms with E-state index in [1.165, 1.54) is 29.2 Å². The van der Waals surface area contributed by atoms with Crippen molar-refractivity contribution >= 4 is 11.6 Å². The smallest absolute Gasteiger partial charge is 0.387 e. The number of hydrogen-bond acceptors (Lipinski definition) is 2. The van der Waals surface area contributed by atoms with Crippen molar-refractivity contribution in [1.29, 1.82) is 0 Å². The van der Waals surface area contributed by atoms with Crippen LogP contribution in [0.15, 0.2) is 54.6 Å². The Bertz CT molecular complexity index is 570. The molecule has 0 aliphatic heterocycles. The molecule has 5 heteroatoms. The Labute approximate surface area is 115 Å². The molecule has 0 N–H and O–H groups in total. The third-order valence-corrected chi connectivity index (χ3v) is 2.77. The fourth-order valence-corrected chi connectivity index (χ4v) is 1.74. The summed E-state index contributed by atoms with van der Waals surface area (Å²) < 4.78 is 28.3. The van der Waals surface area contributed by atoms with Crippen molar-refractivity contribution in [2.45, 2.75) is 6.61 Å². The van der Waals surface area contributed by atoms with Crippen LogP contribution in [0.5, 0.6) is 5.75 Å². The summed E-state index contributed by atoms with van der Waals surface area (Å²) in [6.45, 7) is -2.87. The highest BCUT2D eigenvalue weighted by molar-refractivity contribution is 6.05. The second kappa shape index (κ2) is 6.14. The molecule has 2 rings (SSSR count). The quantitative estimate of drug-likeness (QED) is 0.855. The fourth-order valence-electron chi connectivity index (χ4n) is 1.74. The predicted octanol–water partition coefficient (Wildman–Crippen LogP) is 3.56. The van der Waals surface area contributed by atoms with Crippen molar-refractivity contribution in [1.82, 2.24) is 0 Å². The molecular weight excluding hydrogens is 264 g/mol. The summed E-state index contributed by atoms with van der Waals surface area (Å²) in [6.07, 6.45) is 0. The lowest BCUT2D eigenvalue weighted by Crippen LogP contribution is -2.26. The van der Waals surface area contributed by atoms with Crippen LogP contribution in [-0.2, 0) is 0 Å². The Morgan fingerprint density at radius 1 is 1.05 bits per heavy atom. The van der Waals surface area contributed by atoms with Crippen molar-refractivity contribution in [3.05, 3.63) is 60.2 Å². The molecule has 0 saturated carbocycles. The summed E-state index contributed by atoms with van der Waals surface area (Å²) in [6, 6.07) is 14.8. The molecule has 0 bridgehead atoms. The number of hydrogen-bond donors (Lipinski definition) is 0. The molecule has 0 fully saturated rings. The van der Waals surface area contributed by atoms with E-state index in [-0.39, 0.29) is 11.7 Å². The summed E-state index contributed by atoms with van der Waals surface area (Å²) in [5.41, 5.74) is 1.16. The van der Waals surface area contributed by atoms with Crippen molar-refractivity contribution in [3.63, 3.8) is 0 Å². The lowest BCUT2D eigenvalue weighted by Gasteiger charge is -2.17.